The van der Waals surface area contributed by atoms with Gasteiger partial charge in [-0.3, -0.25) is 4.79 Å². The van der Waals surface area contributed by atoms with Crippen molar-refractivity contribution in [3.63, 3.8) is 0 Å². The van der Waals surface area contributed by atoms with E-state index >= 15 is 0 Å². The highest BCUT2D eigenvalue weighted by Gasteiger charge is 2.18. The van der Waals surface area contributed by atoms with Gasteiger partial charge in [-0.05, 0) is 44.5 Å². The van der Waals surface area contributed by atoms with Crippen molar-refractivity contribution in [3.05, 3.63) is 28.8 Å². The third kappa shape index (κ3) is 5.17. The summed E-state index contributed by atoms with van der Waals surface area (Å²) in [6.07, 6.45) is 2.75. The zero-order valence-corrected chi connectivity index (χ0v) is 13.9. The van der Waals surface area contributed by atoms with E-state index in [4.69, 9.17) is 25.8 Å². The maximum absolute atomic E-state index is 11.6. The summed E-state index contributed by atoms with van der Waals surface area (Å²) in [6, 6.07) is 3.34. The molecule has 124 valence electrons. The molecule has 6 nitrogen and oxygen atoms in total. The molecule has 1 aliphatic rings. The van der Waals surface area contributed by atoms with E-state index in [2.05, 4.69) is 5.32 Å². The van der Waals surface area contributed by atoms with Crippen LogP contribution in [0.5, 0.6) is 11.5 Å². The van der Waals surface area contributed by atoms with Gasteiger partial charge in [0.05, 0.1) is 5.02 Å². The first kappa shape index (κ1) is 17.1. The number of carbonyl (C=O) groups is 2. The van der Waals surface area contributed by atoms with Gasteiger partial charge in [-0.15, -0.1) is 0 Å². The Morgan fingerprint density at radius 1 is 1.35 bits per heavy atom. The summed E-state index contributed by atoms with van der Waals surface area (Å²) >= 11 is 6.05. The Morgan fingerprint density at radius 3 is 2.78 bits per heavy atom. The van der Waals surface area contributed by atoms with Crippen LogP contribution in [0.4, 0.5) is 0 Å². The first-order valence-electron chi connectivity index (χ1n) is 6.99. The zero-order chi connectivity index (χ0) is 17.0. The minimum absolute atomic E-state index is 0.118. The minimum atomic E-state index is -0.622. The molecule has 0 aliphatic carbocycles. The van der Waals surface area contributed by atoms with Crippen molar-refractivity contribution in [1.82, 2.24) is 5.32 Å². The first-order chi connectivity index (χ1) is 10.7. The summed E-state index contributed by atoms with van der Waals surface area (Å²) in [5, 5.41) is 3.10. The molecular formula is C16H18ClNO5. The molecule has 1 aromatic carbocycles. The number of fused-ring (bicyclic) bond motifs is 1. The van der Waals surface area contributed by atoms with Gasteiger partial charge in [0.1, 0.15) is 0 Å². The van der Waals surface area contributed by atoms with E-state index in [9.17, 15) is 9.59 Å². The topological polar surface area (TPSA) is 73.9 Å². The Bertz CT molecular complexity index is 649. The second-order valence-electron chi connectivity index (χ2n) is 5.98. The molecule has 0 atom stereocenters. The van der Waals surface area contributed by atoms with Crippen LogP contribution in [0.3, 0.4) is 0 Å². The maximum Gasteiger partial charge on any atom is 0.331 e. The average molecular weight is 340 g/mol. The lowest BCUT2D eigenvalue weighted by atomic mass is 10.1. The first-order valence-corrected chi connectivity index (χ1v) is 7.37. The van der Waals surface area contributed by atoms with Gasteiger partial charge in [0, 0.05) is 11.6 Å². The number of ether oxygens (including phenoxy) is 3. The van der Waals surface area contributed by atoms with Gasteiger partial charge in [-0.25, -0.2) is 4.79 Å². The number of hydrogen-bond acceptors (Lipinski definition) is 5. The number of nitrogens with one attached hydrogen (secondary N) is 1. The highest BCUT2D eigenvalue weighted by molar-refractivity contribution is 6.32. The highest BCUT2D eigenvalue weighted by Crippen LogP contribution is 2.40. The van der Waals surface area contributed by atoms with Crippen molar-refractivity contribution in [3.8, 4) is 11.5 Å². The molecule has 0 saturated carbocycles. The van der Waals surface area contributed by atoms with Gasteiger partial charge < -0.3 is 19.5 Å². The molecule has 1 N–H and O–H groups in total. The van der Waals surface area contributed by atoms with Crippen molar-refractivity contribution in [2.24, 2.45) is 0 Å². The van der Waals surface area contributed by atoms with E-state index in [0.29, 0.717) is 22.1 Å². The molecule has 0 aromatic heterocycles. The fourth-order valence-electron chi connectivity index (χ4n) is 1.89. The second-order valence-corrected chi connectivity index (χ2v) is 6.38. The van der Waals surface area contributed by atoms with E-state index in [-0.39, 0.29) is 24.8 Å². The van der Waals surface area contributed by atoms with Gasteiger partial charge in [-0.1, -0.05) is 11.6 Å². The Balaban J connectivity index is 1.89. The summed E-state index contributed by atoms with van der Waals surface area (Å²) in [6.45, 7) is 5.32. The normalized spacial score (nSPS) is 13.2. The predicted octanol–water partition coefficient (Wildman–Crippen LogP) is 2.54. The predicted molar refractivity (Wildman–Crippen MR) is 85.5 cm³/mol. The van der Waals surface area contributed by atoms with E-state index in [1.165, 1.54) is 12.2 Å². The SMILES string of the molecule is CC(C)(C)NC(=O)COC(=O)/C=C/c1cc(Cl)c2c(c1)OCO2. The van der Waals surface area contributed by atoms with Crippen LogP contribution in [0, 0.1) is 0 Å². The van der Waals surface area contributed by atoms with Crippen LogP contribution in [0.2, 0.25) is 5.02 Å². The summed E-state index contributed by atoms with van der Waals surface area (Å²) in [5.74, 6) is 0.0357. The Morgan fingerprint density at radius 2 is 2.09 bits per heavy atom. The number of carbonyl (C=O) groups excluding carboxylic acids is 2. The van der Waals surface area contributed by atoms with E-state index < -0.39 is 5.97 Å². The Hall–Kier alpha value is -2.21. The summed E-state index contributed by atoms with van der Waals surface area (Å²) < 4.78 is 15.3. The molecule has 0 spiro atoms. The highest BCUT2D eigenvalue weighted by atomic mass is 35.5. The molecule has 0 radical (unpaired) electrons. The molecule has 2 rings (SSSR count). The number of amides is 1. The summed E-state index contributed by atoms with van der Waals surface area (Å²) in [7, 11) is 0. The number of benzene rings is 1. The van der Waals surface area contributed by atoms with Crippen LogP contribution < -0.4 is 14.8 Å². The average Bonchev–Trinajstić information content (AvgIpc) is 2.90. The van der Waals surface area contributed by atoms with Gasteiger partial charge in [0.15, 0.2) is 18.1 Å². The van der Waals surface area contributed by atoms with Crippen molar-refractivity contribution in [2.75, 3.05) is 13.4 Å². The molecule has 0 unspecified atom stereocenters. The molecule has 1 aromatic rings. The van der Waals surface area contributed by atoms with Crippen LogP contribution in [0.25, 0.3) is 6.08 Å². The van der Waals surface area contributed by atoms with Crippen molar-refractivity contribution >= 4 is 29.6 Å². The Labute approximate surface area is 139 Å². The number of hydrogen-bond donors (Lipinski definition) is 1. The largest absolute Gasteiger partial charge is 0.454 e. The van der Waals surface area contributed by atoms with Crippen LogP contribution in [-0.4, -0.2) is 30.8 Å². The lowest BCUT2D eigenvalue weighted by Gasteiger charge is -2.20. The fraction of sp³-hybridized carbons (Fsp3) is 0.375. The van der Waals surface area contributed by atoms with Crippen LogP contribution in [0.15, 0.2) is 18.2 Å². The molecule has 7 heteroatoms. The minimum Gasteiger partial charge on any atom is -0.454 e. The van der Waals surface area contributed by atoms with Crippen molar-refractivity contribution in [2.45, 2.75) is 26.3 Å². The number of esters is 1. The number of rotatable bonds is 4. The molecule has 1 heterocycles. The van der Waals surface area contributed by atoms with Gasteiger partial charge >= 0.3 is 5.97 Å². The maximum atomic E-state index is 11.6. The van der Waals surface area contributed by atoms with E-state index in [1.807, 2.05) is 20.8 Å². The van der Waals surface area contributed by atoms with Crippen molar-refractivity contribution < 1.29 is 23.8 Å². The van der Waals surface area contributed by atoms with Crippen molar-refractivity contribution in [1.29, 1.82) is 0 Å². The van der Waals surface area contributed by atoms with Gasteiger partial charge in [0.25, 0.3) is 5.91 Å². The molecule has 0 saturated heterocycles. The smallest absolute Gasteiger partial charge is 0.331 e. The molecule has 1 amide bonds. The third-order valence-electron chi connectivity index (χ3n) is 2.72. The van der Waals surface area contributed by atoms with Crippen LogP contribution in [-0.2, 0) is 14.3 Å². The zero-order valence-electron chi connectivity index (χ0n) is 13.1. The lowest BCUT2D eigenvalue weighted by molar-refractivity contribution is -0.144. The van der Waals surface area contributed by atoms with Gasteiger partial charge in [0.2, 0.25) is 6.79 Å². The Kier molecular flexibility index (Phi) is 5.15. The fourth-order valence-corrected chi connectivity index (χ4v) is 2.16. The quantitative estimate of drug-likeness (QED) is 0.674. The molecule has 1 aliphatic heterocycles. The summed E-state index contributed by atoms with van der Waals surface area (Å²) in [4.78, 5) is 23.2. The molecular weight excluding hydrogens is 322 g/mol. The molecule has 0 fully saturated rings. The number of halogens is 1. The van der Waals surface area contributed by atoms with E-state index in [0.717, 1.165) is 0 Å². The second kappa shape index (κ2) is 6.91. The van der Waals surface area contributed by atoms with Crippen LogP contribution in [0.1, 0.15) is 26.3 Å². The third-order valence-corrected chi connectivity index (χ3v) is 3.00. The van der Waals surface area contributed by atoms with E-state index in [1.54, 1.807) is 12.1 Å². The molecule has 23 heavy (non-hydrogen) atoms. The van der Waals surface area contributed by atoms with Gasteiger partial charge in [-0.2, -0.15) is 0 Å². The van der Waals surface area contributed by atoms with Crippen LogP contribution >= 0.6 is 11.6 Å². The lowest BCUT2D eigenvalue weighted by Crippen LogP contribution is -2.42. The molecule has 0 bridgehead atoms. The summed E-state index contributed by atoms with van der Waals surface area (Å²) in [5.41, 5.74) is 0.290. The standard InChI is InChI=1S/C16H18ClNO5/c1-16(2,3)18-13(19)8-21-14(20)5-4-10-6-11(17)15-12(7-10)22-9-23-15/h4-7H,8-9H2,1-3H3,(H,18,19)/b5-4+. The monoisotopic (exact) mass is 339 g/mol.